The van der Waals surface area contributed by atoms with Crippen molar-refractivity contribution in [3.63, 3.8) is 0 Å². The van der Waals surface area contributed by atoms with Gasteiger partial charge in [-0.15, -0.1) is 0 Å². The first-order valence-electron chi connectivity index (χ1n) is 10.6. The molecule has 0 unspecified atom stereocenters. The van der Waals surface area contributed by atoms with Crippen LogP contribution in [0.2, 0.25) is 5.02 Å². The number of anilines is 1. The molecule has 0 radical (unpaired) electrons. The number of benzene rings is 1. The fourth-order valence-electron chi connectivity index (χ4n) is 4.00. The van der Waals surface area contributed by atoms with Gasteiger partial charge in [-0.2, -0.15) is 4.98 Å². The van der Waals surface area contributed by atoms with Crippen molar-refractivity contribution < 1.29 is 19.1 Å². The van der Waals surface area contributed by atoms with E-state index in [2.05, 4.69) is 20.6 Å². The smallest absolute Gasteiger partial charge is 0.407 e. The largest absolute Gasteiger partial charge is 0.507 e. The van der Waals surface area contributed by atoms with E-state index >= 15 is 0 Å². The minimum atomic E-state index is -0.549. The minimum Gasteiger partial charge on any atom is -0.507 e. The van der Waals surface area contributed by atoms with Gasteiger partial charge < -0.3 is 24.9 Å². The fraction of sp³-hybridized carbons (Fsp3) is 0.435. The number of aromatic nitrogens is 2. The molecule has 1 amide bonds. The lowest BCUT2D eigenvalue weighted by Crippen LogP contribution is -2.45. The molecule has 3 aromatic rings. The predicted octanol–water partition coefficient (Wildman–Crippen LogP) is 5.41. The van der Waals surface area contributed by atoms with Crippen molar-refractivity contribution in [2.45, 2.75) is 64.6 Å². The summed E-state index contributed by atoms with van der Waals surface area (Å²) in [6, 6.07) is 7.03. The third-order valence-corrected chi connectivity index (χ3v) is 5.53. The monoisotopic (exact) mass is 458 g/mol. The van der Waals surface area contributed by atoms with Crippen molar-refractivity contribution in [3.8, 4) is 17.0 Å². The number of alkyl carbamates (subject to hydrolysis) is 1. The van der Waals surface area contributed by atoms with E-state index < -0.39 is 11.7 Å². The Bertz CT molecular complexity index is 1130. The van der Waals surface area contributed by atoms with Gasteiger partial charge in [-0.1, -0.05) is 11.6 Å². The number of carbonyl (C=O) groups excluding carboxylic acids is 1. The number of ether oxygens (including phenoxy) is 1. The second-order valence-corrected chi connectivity index (χ2v) is 9.52. The number of fused-ring (bicyclic) bond motifs is 1. The van der Waals surface area contributed by atoms with E-state index in [1.54, 1.807) is 18.2 Å². The maximum absolute atomic E-state index is 12.2. The lowest BCUT2D eigenvalue weighted by atomic mass is 10.0. The summed E-state index contributed by atoms with van der Waals surface area (Å²) >= 11 is 6.01. The molecule has 170 valence electrons. The standard InChI is InChI=1S/C23H27ClN4O4/c1-12-10-13(24)11-17(29)19(12)16-8-9-18-20(25-16)28-21(31-18)26-14-6-5-7-15(14)27-22(30)32-23(2,3)4/h8-11,14-15,29H,5-7H2,1-4H3,(H,27,30)(H,25,26,28)/t14-,15-/m1/s1. The number of phenolic OH excluding ortho intramolecular Hbond substituents is 1. The Balaban J connectivity index is 1.52. The van der Waals surface area contributed by atoms with Gasteiger partial charge >= 0.3 is 6.09 Å². The van der Waals surface area contributed by atoms with Gasteiger partial charge in [-0.3, -0.25) is 0 Å². The number of halogens is 1. The number of pyridine rings is 1. The van der Waals surface area contributed by atoms with Crippen LogP contribution in [0.25, 0.3) is 22.5 Å². The molecular formula is C23H27ClN4O4. The lowest BCUT2D eigenvalue weighted by Gasteiger charge is -2.24. The number of oxazole rings is 1. The van der Waals surface area contributed by atoms with Gasteiger partial charge in [0.05, 0.1) is 17.8 Å². The van der Waals surface area contributed by atoms with Crippen LogP contribution in [0.5, 0.6) is 5.75 Å². The number of nitrogens with one attached hydrogen (secondary N) is 2. The van der Waals surface area contributed by atoms with Crippen LogP contribution < -0.4 is 10.6 Å². The number of nitrogens with zero attached hydrogens (tertiary/aromatic N) is 2. The summed E-state index contributed by atoms with van der Waals surface area (Å²) in [4.78, 5) is 21.2. The predicted molar refractivity (Wildman–Crippen MR) is 123 cm³/mol. The minimum absolute atomic E-state index is 0.0300. The summed E-state index contributed by atoms with van der Waals surface area (Å²) in [5.74, 6) is 0.0608. The van der Waals surface area contributed by atoms with Gasteiger partial charge in [-0.25, -0.2) is 9.78 Å². The van der Waals surface area contributed by atoms with Crippen LogP contribution in [0.1, 0.15) is 45.6 Å². The highest BCUT2D eigenvalue weighted by molar-refractivity contribution is 6.31. The van der Waals surface area contributed by atoms with Crippen LogP contribution in [0.4, 0.5) is 10.8 Å². The average Bonchev–Trinajstić information content (AvgIpc) is 3.25. The molecule has 2 aromatic heterocycles. The van der Waals surface area contributed by atoms with Crippen LogP contribution in [0.3, 0.4) is 0 Å². The highest BCUT2D eigenvalue weighted by Crippen LogP contribution is 2.35. The molecule has 0 spiro atoms. The number of hydrogen-bond acceptors (Lipinski definition) is 7. The fourth-order valence-corrected chi connectivity index (χ4v) is 4.27. The number of hydrogen-bond donors (Lipinski definition) is 3. The Morgan fingerprint density at radius 3 is 2.69 bits per heavy atom. The van der Waals surface area contributed by atoms with Crippen molar-refractivity contribution in [1.82, 2.24) is 15.3 Å². The molecule has 4 rings (SSSR count). The molecule has 1 aliphatic rings. The molecule has 1 fully saturated rings. The number of rotatable bonds is 4. The summed E-state index contributed by atoms with van der Waals surface area (Å²) in [5, 5.41) is 17.0. The van der Waals surface area contributed by atoms with Crippen LogP contribution in [0, 0.1) is 6.92 Å². The van der Waals surface area contributed by atoms with E-state index in [0.717, 1.165) is 24.8 Å². The molecule has 0 bridgehead atoms. The number of aromatic hydroxyl groups is 1. The van der Waals surface area contributed by atoms with Crippen molar-refractivity contribution >= 4 is 34.9 Å². The number of carbonyl (C=O) groups is 1. The van der Waals surface area contributed by atoms with Crippen molar-refractivity contribution in [2.75, 3.05) is 5.32 Å². The zero-order chi connectivity index (χ0) is 23.0. The molecule has 2 heterocycles. The number of phenols is 1. The SMILES string of the molecule is Cc1cc(Cl)cc(O)c1-c1ccc2oc(N[C@@H]3CCC[C@H]3NC(=O)OC(C)(C)C)nc2n1. The molecule has 1 aliphatic carbocycles. The van der Waals surface area contributed by atoms with E-state index in [0.29, 0.717) is 33.5 Å². The first-order valence-corrected chi connectivity index (χ1v) is 11.0. The van der Waals surface area contributed by atoms with E-state index in [1.165, 1.54) is 6.07 Å². The molecule has 0 saturated heterocycles. The molecule has 0 aliphatic heterocycles. The summed E-state index contributed by atoms with van der Waals surface area (Å²) in [6.45, 7) is 7.37. The zero-order valence-electron chi connectivity index (χ0n) is 18.5. The van der Waals surface area contributed by atoms with Gasteiger partial charge in [-0.05, 0) is 76.8 Å². The highest BCUT2D eigenvalue weighted by atomic mass is 35.5. The number of amides is 1. The summed E-state index contributed by atoms with van der Waals surface area (Å²) in [5.41, 5.74) is 2.39. The second-order valence-electron chi connectivity index (χ2n) is 9.09. The molecule has 9 heteroatoms. The Morgan fingerprint density at radius 1 is 1.22 bits per heavy atom. The third kappa shape index (κ3) is 4.91. The highest BCUT2D eigenvalue weighted by Gasteiger charge is 2.31. The quantitative estimate of drug-likeness (QED) is 0.479. The molecule has 8 nitrogen and oxygen atoms in total. The maximum Gasteiger partial charge on any atom is 0.407 e. The summed E-state index contributed by atoms with van der Waals surface area (Å²) < 4.78 is 11.2. The van der Waals surface area contributed by atoms with Gasteiger partial charge in [0.15, 0.2) is 5.58 Å². The Kier molecular flexibility index (Phi) is 5.90. The average molecular weight is 459 g/mol. The number of aryl methyl sites for hydroxylation is 1. The zero-order valence-corrected chi connectivity index (χ0v) is 19.3. The lowest BCUT2D eigenvalue weighted by molar-refractivity contribution is 0.0502. The second kappa shape index (κ2) is 8.50. The molecule has 1 aromatic carbocycles. The van der Waals surface area contributed by atoms with Crippen LogP contribution in [-0.2, 0) is 4.74 Å². The Hall–Kier alpha value is -3.00. The maximum atomic E-state index is 12.2. The van der Waals surface area contributed by atoms with Gasteiger partial charge in [0.25, 0.3) is 6.01 Å². The molecule has 1 saturated carbocycles. The topological polar surface area (TPSA) is 110 Å². The van der Waals surface area contributed by atoms with Crippen LogP contribution in [-0.4, -0.2) is 38.9 Å². The van der Waals surface area contributed by atoms with Gasteiger partial charge in [0, 0.05) is 10.6 Å². The first-order chi connectivity index (χ1) is 15.1. The normalized spacial score (nSPS) is 18.7. The van der Waals surface area contributed by atoms with Crippen molar-refractivity contribution in [3.05, 3.63) is 34.9 Å². The molecule has 32 heavy (non-hydrogen) atoms. The molecule has 2 atom stereocenters. The van der Waals surface area contributed by atoms with Crippen LogP contribution in [0.15, 0.2) is 28.7 Å². The van der Waals surface area contributed by atoms with E-state index in [9.17, 15) is 9.90 Å². The van der Waals surface area contributed by atoms with E-state index in [-0.39, 0.29) is 17.8 Å². The van der Waals surface area contributed by atoms with Crippen molar-refractivity contribution in [2.24, 2.45) is 0 Å². The Morgan fingerprint density at radius 2 is 1.97 bits per heavy atom. The summed E-state index contributed by atoms with van der Waals surface area (Å²) in [6.07, 6.45) is 2.25. The van der Waals surface area contributed by atoms with Gasteiger partial charge in [0.2, 0.25) is 5.65 Å². The van der Waals surface area contributed by atoms with E-state index in [4.69, 9.17) is 20.8 Å². The van der Waals surface area contributed by atoms with E-state index in [1.807, 2.05) is 27.7 Å². The first kappa shape index (κ1) is 22.2. The summed E-state index contributed by atoms with van der Waals surface area (Å²) in [7, 11) is 0. The Labute approximate surface area is 191 Å². The van der Waals surface area contributed by atoms with Crippen molar-refractivity contribution in [1.29, 1.82) is 0 Å². The molecular weight excluding hydrogens is 432 g/mol. The third-order valence-electron chi connectivity index (χ3n) is 5.32. The van der Waals surface area contributed by atoms with Crippen LogP contribution >= 0.6 is 11.6 Å². The molecule has 3 N–H and O–H groups in total. The van der Waals surface area contributed by atoms with Gasteiger partial charge in [0.1, 0.15) is 11.4 Å².